The van der Waals surface area contributed by atoms with Crippen LogP contribution in [0.15, 0.2) is 41.6 Å². The molecule has 0 spiro atoms. The highest BCUT2D eigenvalue weighted by Crippen LogP contribution is 2.23. The Bertz CT molecular complexity index is 937. The molecule has 0 radical (unpaired) electrons. The van der Waals surface area contributed by atoms with Gasteiger partial charge in [0.1, 0.15) is 0 Å². The molecule has 3 rings (SSSR count). The van der Waals surface area contributed by atoms with Crippen molar-refractivity contribution in [2.75, 3.05) is 38.1 Å². The second-order valence-corrected chi connectivity index (χ2v) is 8.46. The quantitative estimate of drug-likeness (QED) is 0.860. The van der Waals surface area contributed by atoms with Gasteiger partial charge < -0.3 is 9.80 Å². The normalized spacial score (nSPS) is 15.1. The fourth-order valence-corrected chi connectivity index (χ4v) is 4.31. The van der Waals surface area contributed by atoms with Crippen molar-refractivity contribution in [3.63, 3.8) is 0 Å². The number of amides is 1. The van der Waals surface area contributed by atoms with E-state index in [1.165, 1.54) is 13.1 Å². The number of carbonyl (C=O) groups excluding carboxylic acids is 1. The van der Waals surface area contributed by atoms with Crippen LogP contribution >= 0.6 is 0 Å². The van der Waals surface area contributed by atoms with E-state index in [2.05, 4.69) is 14.6 Å². The summed E-state index contributed by atoms with van der Waals surface area (Å²) in [4.78, 5) is 21.1. The van der Waals surface area contributed by atoms with Gasteiger partial charge >= 0.3 is 0 Å². The van der Waals surface area contributed by atoms with Gasteiger partial charge in [-0.3, -0.25) is 9.78 Å². The van der Waals surface area contributed by atoms with E-state index in [4.69, 9.17) is 0 Å². The molecule has 2 heterocycles. The van der Waals surface area contributed by atoms with E-state index in [1.54, 1.807) is 30.3 Å². The van der Waals surface area contributed by atoms with Crippen molar-refractivity contribution >= 4 is 21.6 Å². The first-order chi connectivity index (χ1) is 12.8. The smallest absolute Gasteiger partial charge is 0.254 e. The first-order valence-electron chi connectivity index (χ1n) is 8.82. The average Bonchev–Trinajstić information content (AvgIpc) is 2.70. The average molecular weight is 388 g/mol. The van der Waals surface area contributed by atoms with E-state index in [9.17, 15) is 13.2 Å². The maximum atomic E-state index is 13.0. The standard InChI is InChI=1S/C19H24N4O3S/c1-14-12-16(13-18(15(14)2)27(25,26)20-3)19(24)23-10-8-22(9-11-23)17-4-6-21-7-5-17/h4-7,12-13,20H,8-11H2,1-3H3. The molecular formula is C19H24N4O3S. The summed E-state index contributed by atoms with van der Waals surface area (Å²) in [7, 11) is -2.25. The molecule has 1 amide bonds. The molecule has 1 aromatic heterocycles. The van der Waals surface area contributed by atoms with Gasteiger partial charge in [0, 0.05) is 49.8 Å². The molecule has 7 nitrogen and oxygen atoms in total. The first-order valence-corrected chi connectivity index (χ1v) is 10.3. The summed E-state index contributed by atoms with van der Waals surface area (Å²) in [5.41, 5.74) is 2.93. The maximum absolute atomic E-state index is 13.0. The van der Waals surface area contributed by atoms with Crippen molar-refractivity contribution in [2.45, 2.75) is 18.7 Å². The third kappa shape index (κ3) is 3.96. The Hall–Kier alpha value is -2.45. The van der Waals surface area contributed by atoms with E-state index >= 15 is 0 Å². The lowest BCUT2D eigenvalue weighted by Crippen LogP contribution is -2.48. The lowest BCUT2D eigenvalue weighted by atomic mass is 10.0. The fourth-order valence-electron chi connectivity index (χ4n) is 3.24. The van der Waals surface area contributed by atoms with Gasteiger partial charge in [0.2, 0.25) is 10.0 Å². The molecule has 0 unspecified atom stereocenters. The predicted octanol–water partition coefficient (Wildman–Crippen LogP) is 1.57. The highest BCUT2D eigenvalue weighted by molar-refractivity contribution is 7.89. The van der Waals surface area contributed by atoms with E-state index in [1.807, 2.05) is 19.1 Å². The van der Waals surface area contributed by atoms with Crippen molar-refractivity contribution in [3.05, 3.63) is 53.3 Å². The minimum atomic E-state index is -3.62. The Morgan fingerprint density at radius 3 is 2.30 bits per heavy atom. The SMILES string of the molecule is CNS(=O)(=O)c1cc(C(=O)N2CCN(c3ccncc3)CC2)cc(C)c1C. The van der Waals surface area contributed by atoms with E-state index in [0.717, 1.165) is 24.3 Å². The number of nitrogens with zero attached hydrogens (tertiary/aromatic N) is 3. The van der Waals surface area contributed by atoms with Crippen LogP contribution in [-0.2, 0) is 10.0 Å². The van der Waals surface area contributed by atoms with Gasteiger partial charge in [-0.2, -0.15) is 0 Å². The van der Waals surface area contributed by atoms with Crippen molar-refractivity contribution in [3.8, 4) is 0 Å². The van der Waals surface area contributed by atoms with Gasteiger partial charge in [0.05, 0.1) is 4.90 Å². The number of hydrogen-bond donors (Lipinski definition) is 1. The number of rotatable bonds is 4. The fraction of sp³-hybridized carbons (Fsp3) is 0.368. The summed E-state index contributed by atoms with van der Waals surface area (Å²) < 4.78 is 26.9. The number of pyridine rings is 1. The number of anilines is 1. The van der Waals surface area contributed by atoms with Gasteiger partial charge in [-0.05, 0) is 56.3 Å². The Morgan fingerprint density at radius 1 is 1.07 bits per heavy atom. The van der Waals surface area contributed by atoms with Crippen LogP contribution in [-0.4, -0.2) is 57.4 Å². The van der Waals surface area contributed by atoms with Crippen molar-refractivity contribution < 1.29 is 13.2 Å². The molecular weight excluding hydrogens is 364 g/mol. The van der Waals surface area contributed by atoms with Gasteiger partial charge in [-0.1, -0.05) is 0 Å². The summed E-state index contributed by atoms with van der Waals surface area (Å²) in [6.07, 6.45) is 3.51. The van der Waals surface area contributed by atoms with E-state index < -0.39 is 10.0 Å². The molecule has 1 saturated heterocycles. The van der Waals surface area contributed by atoms with Gasteiger partial charge in [0.15, 0.2) is 0 Å². The molecule has 1 aromatic carbocycles. The van der Waals surface area contributed by atoms with Gasteiger partial charge in [-0.25, -0.2) is 13.1 Å². The zero-order valence-electron chi connectivity index (χ0n) is 15.8. The van der Waals surface area contributed by atoms with Crippen LogP contribution in [0.1, 0.15) is 21.5 Å². The number of nitrogens with one attached hydrogen (secondary N) is 1. The van der Waals surface area contributed by atoms with Crippen LogP contribution in [0.25, 0.3) is 0 Å². The summed E-state index contributed by atoms with van der Waals surface area (Å²) >= 11 is 0. The predicted molar refractivity (Wildman–Crippen MR) is 105 cm³/mol. The van der Waals surface area contributed by atoms with E-state index in [0.29, 0.717) is 24.2 Å². The number of hydrogen-bond acceptors (Lipinski definition) is 5. The monoisotopic (exact) mass is 388 g/mol. The van der Waals surface area contributed by atoms with Gasteiger partial charge in [0.25, 0.3) is 5.91 Å². The summed E-state index contributed by atoms with van der Waals surface area (Å²) in [5.74, 6) is -0.139. The molecule has 0 aliphatic carbocycles. The van der Waals surface area contributed by atoms with Crippen LogP contribution in [0.5, 0.6) is 0 Å². The lowest BCUT2D eigenvalue weighted by molar-refractivity contribution is 0.0746. The molecule has 27 heavy (non-hydrogen) atoms. The van der Waals surface area contributed by atoms with Crippen molar-refractivity contribution in [1.82, 2.24) is 14.6 Å². The third-order valence-electron chi connectivity index (χ3n) is 5.02. The topological polar surface area (TPSA) is 82.6 Å². The molecule has 1 aliphatic heterocycles. The highest BCUT2D eigenvalue weighted by Gasteiger charge is 2.25. The van der Waals surface area contributed by atoms with Crippen LogP contribution in [0.4, 0.5) is 5.69 Å². The molecule has 0 atom stereocenters. The number of benzene rings is 1. The molecule has 144 valence electrons. The molecule has 1 N–H and O–H groups in total. The number of aromatic nitrogens is 1. The summed E-state index contributed by atoms with van der Waals surface area (Å²) in [5, 5.41) is 0. The van der Waals surface area contributed by atoms with Crippen LogP contribution in [0.3, 0.4) is 0 Å². The second-order valence-electron chi connectivity index (χ2n) is 6.61. The van der Waals surface area contributed by atoms with Crippen molar-refractivity contribution in [1.29, 1.82) is 0 Å². The van der Waals surface area contributed by atoms with Crippen LogP contribution in [0, 0.1) is 13.8 Å². The molecule has 1 fully saturated rings. The maximum Gasteiger partial charge on any atom is 0.254 e. The highest BCUT2D eigenvalue weighted by atomic mass is 32.2. The Balaban J connectivity index is 1.79. The Labute approximate surface area is 160 Å². The van der Waals surface area contributed by atoms with E-state index in [-0.39, 0.29) is 10.8 Å². The summed E-state index contributed by atoms with van der Waals surface area (Å²) in [6.45, 7) is 6.19. The summed E-state index contributed by atoms with van der Waals surface area (Å²) in [6, 6.07) is 7.15. The number of piperazine rings is 1. The van der Waals surface area contributed by atoms with Crippen LogP contribution in [0.2, 0.25) is 0 Å². The molecule has 0 saturated carbocycles. The van der Waals surface area contributed by atoms with Crippen LogP contribution < -0.4 is 9.62 Å². The number of carbonyl (C=O) groups is 1. The molecule has 8 heteroatoms. The first kappa shape index (κ1) is 19.3. The number of sulfonamides is 1. The second kappa shape index (κ2) is 7.66. The minimum Gasteiger partial charge on any atom is -0.368 e. The Morgan fingerprint density at radius 2 is 1.70 bits per heavy atom. The zero-order chi connectivity index (χ0) is 19.6. The van der Waals surface area contributed by atoms with Crippen molar-refractivity contribution in [2.24, 2.45) is 0 Å². The Kier molecular flexibility index (Phi) is 5.48. The lowest BCUT2D eigenvalue weighted by Gasteiger charge is -2.36. The zero-order valence-corrected chi connectivity index (χ0v) is 16.6. The number of aryl methyl sites for hydroxylation is 1. The molecule has 1 aliphatic rings. The molecule has 2 aromatic rings. The minimum absolute atomic E-state index is 0.139. The molecule has 0 bridgehead atoms. The third-order valence-corrected chi connectivity index (χ3v) is 6.56. The largest absolute Gasteiger partial charge is 0.368 e. The van der Waals surface area contributed by atoms with Gasteiger partial charge in [-0.15, -0.1) is 0 Å².